The molecule has 2 N–H and O–H groups in total. The van der Waals surface area contributed by atoms with E-state index < -0.39 is 10.0 Å². The third-order valence-electron chi connectivity index (χ3n) is 4.39. The van der Waals surface area contributed by atoms with Crippen LogP contribution in [0.15, 0.2) is 70.6 Å². The van der Waals surface area contributed by atoms with E-state index in [9.17, 15) is 13.2 Å². The first kappa shape index (κ1) is 18.1. The highest BCUT2D eigenvalue weighted by molar-refractivity contribution is 7.89. The summed E-state index contributed by atoms with van der Waals surface area (Å²) in [7, 11) is -2.18. The second kappa shape index (κ2) is 7.02. The van der Waals surface area contributed by atoms with Crippen molar-refractivity contribution in [3.63, 3.8) is 0 Å². The van der Waals surface area contributed by atoms with E-state index in [1.807, 2.05) is 30.3 Å². The zero-order valence-electron chi connectivity index (χ0n) is 15.0. The van der Waals surface area contributed by atoms with Gasteiger partial charge in [0.05, 0.1) is 11.2 Å². The average Bonchev–Trinajstić information content (AvgIpc) is 3.12. The summed E-state index contributed by atoms with van der Waals surface area (Å²) >= 11 is 0. The standard InChI is InChI=1S/C19H17N5O3S/c1-20-28(26,27)15-9-7-14(8-10-15)17-22-18-16(19(25)23-17)24(12-21-18)11-13-5-3-2-4-6-13/h2-10,12,20H,11H2,1H3,(H,22,23,25). The minimum atomic E-state index is -3.52. The number of aromatic nitrogens is 4. The maximum atomic E-state index is 12.7. The van der Waals surface area contributed by atoms with E-state index in [0.717, 1.165) is 5.56 Å². The van der Waals surface area contributed by atoms with E-state index in [1.165, 1.54) is 19.2 Å². The van der Waals surface area contributed by atoms with Gasteiger partial charge in [0.1, 0.15) is 5.82 Å². The number of sulfonamides is 1. The first-order valence-electron chi connectivity index (χ1n) is 8.51. The maximum absolute atomic E-state index is 12.7. The average molecular weight is 395 g/mol. The number of benzene rings is 2. The van der Waals surface area contributed by atoms with Gasteiger partial charge in [-0.25, -0.2) is 23.1 Å². The fraction of sp³-hybridized carbons (Fsp3) is 0.105. The van der Waals surface area contributed by atoms with Gasteiger partial charge in [-0.05, 0) is 36.9 Å². The fourth-order valence-corrected chi connectivity index (χ4v) is 3.66. The summed E-state index contributed by atoms with van der Waals surface area (Å²) in [6, 6.07) is 15.9. The smallest absolute Gasteiger partial charge is 0.277 e. The molecule has 0 bridgehead atoms. The summed E-state index contributed by atoms with van der Waals surface area (Å²) in [5.41, 5.74) is 2.06. The molecule has 0 aliphatic carbocycles. The van der Waals surface area contributed by atoms with Crippen LogP contribution in [0.5, 0.6) is 0 Å². The Labute approximate surface area is 161 Å². The van der Waals surface area contributed by atoms with Crippen molar-refractivity contribution in [2.45, 2.75) is 11.4 Å². The normalized spacial score (nSPS) is 11.8. The van der Waals surface area contributed by atoms with Crippen LogP contribution >= 0.6 is 0 Å². The Morgan fingerprint density at radius 3 is 2.46 bits per heavy atom. The Hall–Kier alpha value is -3.30. The molecule has 0 spiro atoms. The minimum Gasteiger partial charge on any atom is -0.320 e. The molecule has 0 amide bonds. The highest BCUT2D eigenvalue weighted by Crippen LogP contribution is 2.19. The Kier molecular flexibility index (Phi) is 4.54. The number of nitrogens with one attached hydrogen (secondary N) is 2. The van der Waals surface area contributed by atoms with E-state index in [4.69, 9.17) is 0 Å². The molecular weight excluding hydrogens is 378 g/mol. The van der Waals surface area contributed by atoms with Crippen molar-refractivity contribution < 1.29 is 8.42 Å². The van der Waals surface area contributed by atoms with Gasteiger partial charge in [-0.1, -0.05) is 30.3 Å². The summed E-state index contributed by atoms with van der Waals surface area (Å²) in [4.78, 5) is 24.2. The van der Waals surface area contributed by atoms with Crippen molar-refractivity contribution in [3.8, 4) is 11.4 Å². The highest BCUT2D eigenvalue weighted by atomic mass is 32.2. The quantitative estimate of drug-likeness (QED) is 0.535. The predicted octanol–water partition coefficient (Wildman–Crippen LogP) is 1.74. The Balaban J connectivity index is 1.72. The maximum Gasteiger partial charge on any atom is 0.277 e. The van der Waals surface area contributed by atoms with Crippen LogP contribution < -0.4 is 10.3 Å². The molecule has 0 aliphatic heterocycles. The monoisotopic (exact) mass is 395 g/mol. The lowest BCUT2D eigenvalue weighted by Crippen LogP contribution is -2.18. The number of rotatable bonds is 5. The minimum absolute atomic E-state index is 0.134. The molecule has 0 fully saturated rings. The molecular formula is C19H17N5O3S. The summed E-state index contributed by atoms with van der Waals surface area (Å²) in [5, 5.41) is 0. The molecule has 0 atom stereocenters. The predicted molar refractivity (Wildman–Crippen MR) is 105 cm³/mol. The molecule has 4 aromatic rings. The largest absolute Gasteiger partial charge is 0.320 e. The van der Waals surface area contributed by atoms with Crippen molar-refractivity contribution in [1.29, 1.82) is 0 Å². The van der Waals surface area contributed by atoms with Crippen LogP contribution in [0, 0.1) is 0 Å². The van der Waals surface area contributed by atoms with E-state index in [-0.39, 0.29) is 10.5 Å². The molecule has 9 heteroatoms. The van der Waals surface area contributed by atoms with Crippen LogP contribution in [0.3, 0.4) is 0 Å². The SMILES string of the molecule is CNS(=O)(=O)c1ccc(-c2nc3ncn(Cc4ccccc4)c3c(=O)[nH]2)cc1. The van der Waals surface area contributed by atoms with Gasteiger partial charge in [0, 0.05) is 12.1 Å². The van der Waals surface area contributed by atoms with Crippen molar-refractivity contribution >= 4 is 21.2 Å². The van der Waals surface area contributed by atoms with E-state index in [1.54, 1.807) is 23.0 Å². The molecule has 142 valence electrons. The van der Waals surface area contributed by atoms with Crippen molar-refractivity contribution in [1.82, 2.24) is 24.2 Å². The number of fused-ring (bicyclic) bond motifs is 1. The van der Waals surface area contributed by atoms with Gasteiger partial charge in [0.15, 0.2) is 11.2 Å². The second-order valence-corrected chi connectivity index (χ2v) is 8.06. The van der Waals surface area contributed by atoms with Crippen molar-refractivity contribution in [3.05, 3.63) is 76.8 Å². The number of hydrogen-bond acceptors (Lipinski definition) is 5. The fourth-order valence-electron chi connectivity index (χ4n) is 2.93. The first-order chi connectivity index (χ1) is 13.5. The topological polar surface area (TPSA) is 110 Å². The van der Waals surface area contributed by atoms with Gasteiger partial charge in [0.25, 0.3) is 5.56 Å². The van der Waals surface area contributed by atoms with Crippen LogP contribution in [0.4, 0.5) is 0 Å². The van der Waals surface area contributed by atoms with Crippen LogP contribution in [-0.2, 0) is 16.6 Å². The summed E-state index contributed by atoms with van der Waals surface area (Å²) < 4.78 is 27.7. The number of aromatic amines is 1. The Morgan fingerprint density at radius 2 is 1.79 bits per heavy atom. The lowest BCUT2D eigenvalue weighted by Gasteiger charge is -2.06. The molecule has 28 heavy (non-hydrogen) atoms. The van der Waals surface area contributed by atoms with Crippen molar-refractivity contribution in [2.24, 2.45) is 0 Å². The van der Waals surface area contributed by atoms with E-state index in [2.05, 4.69) is 19.7 Å². The van der Waals surface area contributed by atoms with Crippen LogP contribution in [0.1, 0.15) is 5.56 Å². The molecule has 2 heterocycles. The molecule has 2 aromatic carbocycles. The lowest BCUT2D eigenvalue weighted by molar-refractivity contribution is 0.588. The van der Waals surface area contributed by atoms with Crippen molar-refractivity contribution in [2.75, 3.05) is 7.05 Å². The van der Waals surface area contributed by atoms with E-state index >= 15 is 0 Å². The van der Waals surface area contributed by atoms with Crippen LogP contribution in [0.25, 0.3) is 22.6 Å². The molecule has 0 saturated heterocycles. The second-order valence-electron chi connectivity index (χ2n) is 6.18. The zero-order chi connectivity index (χ0) is 19.7. The third kappa shape index (κ3) is 3.32. The molecule has 0 saturated carbocycles. The molecule has 8 nitrogen and oxygen atoms in total. The number of imidazole rings is 1. The number of nitrogens with zero attached hydrogens (tertiary/aromatic N) is 3. The highest BCUT2D eigenvalue weighted by Gasteiger charge is 2.14. The van der Waals surface area contributed by atoms with Crippen LogP contribution in [0.2, 0.25) is 0 Å². The van der Waals surface area contributed by atoms with Gasteiger partial charge in [-0.15, -0.1) is 0 Å². The Bertz CT molecular complexity index is 1290. The summed E-state index contributed by atoms with van der Waals surface area (Å²) in [6.07, 6.45) is 1.59. The molecule has 2 aromatic heterocycles. The van der Waals surface area contributed by atoms with Crippen LogP contribution in [-0.4, -0.2) is 35.0 Å². The molecule has 0 unspecified atom stereocenters. The molecule has 4 rings (SSSR count). The third-order valence-corrected chi connectivity index (χ3v) is 5.82. The van der Waals surface area contributed by atoms with Gasteiger partial charge < -0.3 is 9.55 Å². The van der Waals surface area contributed by atoms with E-state index in [0.29, 0.717) is 29.1 Å². The van der Waals surface area contributed by atoms with Gasteiger partial charge >= 0.3 is 0 Å². The Morgan fingerprint density at radius 1 is 1.07 bits per heavy atom. The first-order valence-corrected chi connectivity index (χ1v) is 9.99. The zero-order valence-corrected chi connectivity index (χ0v) is 15.8. The number of H-pyrrole nitrogens is 1. The van der Waals surface area contributed by atoms with Gasteiger partial charge in [-0.2, -0.15) is 0 Å². The molecule has 0 radical (unpaired) electrons. The molecule has 0 aliphatic rings. The number of hydrogen-bond donors (Lipinski definition) is 2. The van der Waals surface area contributed by atoms with Gasteiger partial charge in [0.2, 0.25) is 10.0 Å². The summed E-state index contributed by atoms with van der Waals surface area (Å²) in [6.45, 7) is 0.512. The van der Waals surface area contributed by atoms with Gasteiger partial charge in [-0.3, -0.25) is 4.79 Å². The summed E-state index contributed by atoms with van der Waals surface area (Å²) in [5.74, 6) is 0.330. The lowest BCUT2D eigenvalue weighted by atomic mass is 10.2.